The first-order chi connectivity index (χ1) is 8.04. The van der Waals surface area contributed by atoms with E-state index in [1.807, 2.05) is 6.07 Å². The molecule has 1 atom stereocenters. The lowest BCUT2D eigenvalue weighted by atomic mass is 10.1. The van der Waals surface area contributed by atoms with Gasteiger partial charge in [-0.2, -0.15) is 5.26 Å². The van der Waals surface area contributed by atoms with Gasteiger partial charge in [0.1, 0.15) is 11.6 Å². The molecule has 1 N–H and O–H groups in total. The van der Waals surface area contributed by atoms with Crippen molar-refractivity contribution in [3.8, 4) is 6.07 Å². The minimum absolute atomic E-state index is 0.158. The molecule has 17 heavy (non-hydrogen) atoms. The van der Waals surface area contributed by atoms with E-state index in [1.165, 1.54) is 6.07 Å². The first-order valence-corrected chi connectivity index (χ1v) is 5.13. The number of nitriles is 1. The fraction of sp³-hybridized carbons (Fsp3) is 0.333. The SMILES string of the molecule is CC(CC#N)NC(=O)Cc1c(F)cccc1F. The highest BCUT2D eigenvalue weighted by Gasteiger charge is 2.14. The summed E-state index contributed by atoms with van der Waals surface area (Å²) in [5.41, 5.74) is -0.255. The summed E-state index contributed by atoms with van der Waals surface area (Å²) in [5, 5.41) is 10.9. The second-order valence-electron chi connectivity index (χ2n) is 3.71. The van der Waals surface area contributed by atoms with Crippen LogP contribution < -0.4 is 5.32 Å². The average Bonchev–Trinajstić information content (AvgIpc) is 2.24. The van der Waals surface area contributed by atoms with Crippen LogP contribution in [0, 0.1) is 23.0 Å². The Kier molecular flexibility index (Phi) is 4.58. The van der Waals surface area contributed by atoms with Crippen LogP contribution in [0.15, 0.2) is 18.2 Å². The third kappa shape index (κ3) is 3.83. The molecule has 3 nitrogen and oxygen atoms in total. The first-order valence-electron chi connectivity index (χ1n) is 5.13. The van der Waals surface area contributed by atoms with Crippen LogP contribution in [0.25, 0.3) is 0 Å². The van der Waals surface area contributed by atoms with Crippen molar-refractivity contribution in [2.45, 2.75) is 25.8 Å². The largest absolute Gasteiger partial charge is 0.352 e. The molecule has 0 saturated heterocycles. The highest BCUT2D eigenvalue weighted by atomic mass is 19.1. The average molecular weight is 238 g/mol. The quantitative estimate of drug-likeness (QED) is 0.871. The third-order valence-electron chi connectivity index (χ3n) is 2.20. The highest BCUT2D eigenvalue weighted by Crippen LogP contribution is 2.12. The number of halogens is 2. The summed E-state index contributed by atoms with van der Waals surface area (Å²) in [6.45, 7) is 1.65. The normalized spacial score (nSPS) is 11.6. The Morgan fingerprint density at radius 3 is 2.59 bits per heavy atom. The standard InChI is InChI=1S/C12H12F2N2O/c1-8(5-6-15)16-12(17)7-9-10(13)3-2-4-11(9)14/h2-4,8H,5,7H2,1H3,(H,16,17). The predicted octanol–water partition coefficient (Wildman–Crippen LogP) is 1.93. The molecule has 1 aromatic rings. The Bertz CT molecular complexity index is 434. The molecule has 0 aliphatic rings. The summed E-state index contributed by atoms with van der Waals surface area (Å²) in [6.07, 6.45) is -0.209. The van der Waals surface area contributed by atoms with Gasteiger partial charge in [0.15, 0.2) is 0 Å². The van der Waals surface area contributed by atoms with Crippen molar-refractivity contribution in [2.24, 2.45) is 0 Å². The van der Waals surface area contributed by atoms with Gasteiger partial charge < -0.3 is 5.32 Å². The van der Waals surface area contributed by atoms with Gasteiger partial charge in [0, 0.05) is 11.6 Å². The third-order valence-corrected chi connectivity index (χ3v) is 2.20. The molecule has 0 spiro atoms. The summed E-state index contributed by atoms with van der Waals surface area (Å²) in [6, 6.07) is 5.01. The fourth-order valence-corrected chi connectivity index (χ4v) is 1.38. The summed E-state index contributed by atoms with van der Waals surface area (Å²) >= 11 is 0. The number of amides is 1. The van der Waals surface area contributed by atoms with E-state index >= 15 is 0 Å². The van der Waals surface area contributed by atoms with E-state index in [0.29, 0.717) is 0 Å². The van der Waals surface area contributed by atoms with Gasteiger partial charge in [0.05, 0.1) is 18.9 Å². The van der Waals surface area contributed by atoms with Crippen LogP contribution in [0.4, 0.5) is 8.78 Å². The number of benzene rings is 1. The Hall–Kier alpha value is -1.96. The number of nitrogens with one attached hydrogen (secondary N) is 1. The summed E-state index contributed by atoms with van der Waals surface area (Å²) in [5.74, 6) is -1.99. The molecule has 0 aromatic heterocycles. The molecule has 5 heteroatoms. The maximum Gasteiger partial charge on any atom is 0.224 e. The van der Waals surface area contributed by atoms with Crippen LogP contribution in [-0.4, -0.2) is 11.9 Å². The lowest BCUT2D eigenvalue weighted by molar-refractivity contribution is -0.121. The minimum atomic E-state index is -0.743. The van der Waals surface area contributed by atoms with Crippen molar-refractivity contribution in [3.05, 3.63) is 35.4 Å². The van der Waals surface area contributed by atoms with E-state index in [-0.39, 0.29) is 24.4 Å². The van der Waals surface area contributed by atoms with E-state index in [0.717, 1.165) is 12.1 Å². The van der Waals surface area contributed by atoms with Gasteiger partial charge >= 0.3 is 0 Å². The molecule has 0 radical (unpaired) electrons. The molecule has 1 amide bonds. The van der Waals surface area contributed by atoms with E-state index < -0.39 is 17.5 Å². The topological polar surface area (TPSA) is 52.9 Å². The zero-order valence-corrected chi connectivity index (χ0v) is 9.34. The van der Waals surface area contributed by atoms with Crippen LogP contribution in [0.2, 0.25) is 0 Å². The molecule has 0 bridgehead atoms. The first kappa shape index (κ1) is 13.1. The second-order valence-corrected chi connectivity index (χ2v) is 3.71. The smallest absolute Gasteiger partial charge is 0.224 e. The maximum absolute atomic E-state index is 13.2. The van der Waals surface area contributed by atoms with E-state index in [2.05, 4.69) is 5.32 Å². The lowest BCUT2D eigenvalue weighted by Crippen LogP contribution is -2.33. The van der Waals surface area contributed by atoms with Gasteiger partial charge in [-0.25, -0.2) is 8.78 Å². The molecule has 1 rings (SSSR count). The molecule has 0 aliphatic heterocycles. The number of nitrogens with zero attached hydrogens (tertiary/aromatic N) is 1. The number of rotatable bonds is 4. The van der Waals surface area contributed by atoms with Gasteiger partial charge in [-0.1, -0.05) is 6.07 Å². The van der Waals surface area contributed by atoms with Gasteiger partial charge in [0.25, 0.3) is 0 Å². The predicted molar refractivity (Wildman–Crippen MR) is 57.9 cm³/mol. The van der Waals surface area contributed by atoms with Crippen molar-refractivity contribution in [1.82, 2.24) is 5.32 Å². The maximum atomic E-state index is 13.2. The van der Waals surface area contributed by atoms with Gasteiger partial charge in [-0.3, -0.25) is 4.79 Å². The Balaban J connectivity index is 2.66. The zero-order valence-electron chi connectivity index (χ0n) is 9.34. The van der Waals surface area contributed by atoms with Gasteiger partial charge in [-0.05, 0) is 19.1 Å². The van der Waals surface area contributed by atoms with Crippen molar-refractivity contribution in [1.29, 1.82) is 5.26 Å². The summed E-state index contributed by atoms with van der Waals surface area (Å²) < 4.78 is 26.4. The van der Waals surface area contributed by atoms with Crippen LogP contribution in [0.3, 0.4) is 0 Å². The Morgan fingerprint density at radius 2 is 2.06 bits per heavy atom. The fourth-order valence-electron chi connectivity index (χ4n) is 1.38. The molecular weight excluding hydrogens is 226 g/mol. The monoisotopic (exact) mass is 238 g/mol. The number of carbonyl (C=O) groups excluding carboxylic acids is 1. The van der Waals surface area contributed by atoms with Crippen LogP contribution in [0.5, 0.6) is 0 Å². The molecule has 1 aromatic carbocycles. The van der Waals surface area contributed by atoms with Crippen molar-refractivity contribution >= 4 is 5.91 Å². The lowest BCUT2D eigenvalue weighted by Gasteiger charge is -2.10. The van der Waals surface area contributed by atoms with Gasteiger partial charge in [-0.15, -0.1) is 0 Å². The van der Waals surface area contributed by atoms with Gasteiger partial charge in [0.2, 0.25) is 5.91 Å². The number of hydrogen-bond donors (Lipinski definition) is 1. The molecule has 0 fully saturated rings. The molecule has 90 valence electrons. The van der Waals surface area contributed by atoms with E-state index in [1.54, 1.807) is 6.92 Å². The summed E-state index contributed by atoms with van der Waals surface area (Å²) in [7, 11) is 0. The van der Waals surface area contributed by atoms with Crippen LogP contribution in [-0.2, 0) is 11.2 Å². The zero-order chi connectivity index (χ0) is 12.8. The second kappa shape index (κ2) is 5.94. The minimum Gasteiger partial charge on any atom is -0.352 e. The van der Waals surface area contributed by atoms with Crippen LogP contribution >= 0.6 is 0 Å². The molecule has 0 saturated carbocycles. The molecule has 1 unspecified atom stereocenters. The summed E-state index contributed by atoms with van der Waals surface area (Å²) in [4.78, 5) is 11.4. The number of carbonyl (C=O) groups is 1. The number of hydrogen-bond acceptors (Lipinski definition) is 2. The van der Waals surface area contributed by atoms with Crippen molar-refractivity contribution in [3.63, 3.8) is 0 Å². The Morgan fingerprint density at radius 1 is 1.47 bits per heavy atom. The van der Waals surface area contributed by atoms with E-state index in [4.69, 9.17) is 5.26 Å². The highest BCUT2D eigenvalue weighted by molar-refractivity contribution is 5.78. The molecule has 0 aliphatic carbocycles. The molecular formula is C12H12F2N2O. The molecule has 0 heterocycles. The van der Waals surface area contributed by atoms with Crippen molar-refractivity contribution in [2.75, 3.05) is 0 Å². The van der Waals surface area contributed by atoms with Crippen molar-refractivity contribution < 1.29 is 13.6 Å². The Labute approximate surface area is 98.1 Å². The van der Waals surface area contributed by atoms with E-state index in [9.17, 15) is 13.6 Å². The van der Waals surface area contributed by atoms with Crippen LogP contribution in [0.1, 0.15) is 18.9 Å².